The van der Waals surface area contributed by atoms with Crippen molar-refractivity contribution < 1.29 is 14.3 Å². The number of hydrogen-bond acceptors (Lipinski definition) is 5. The molecule has 6 heteroatoms. The van der Waals surface area contributed by atoms with Crippen molar-refractivity contribution in [2.45, 2.75) is 20.3 Å². The number of nitrogens with zero attached hydrogens (tertiary/aromatic N) is 1. The lowest BCUT2D eigenvalue weighted by atomic mass is 10.1. The topological polar surface area (TPSA) is 60.5 Å². The number of benzene rings is 2. The zero-order valence-corrected chi connectivity index (χ0v) is 17.1. The van der Waals surface area contributed by atoms with Gasteiger partial charge in [0.05, 0.1) is 30.8 Å². The summed E-state index contributed by atoms with van der Waals surface area (Å²) < 4.78 is 10.9. The van der Waals surface area contributed by atoms with Crippen molar-refractivity contribution in [3.8, 4) is 22.8 Å². The largest absolute Gasteiger partial charge is 0.493 e. The molecule has 0 bridgehead atoms. The Hall–Kier alpha value is -2.86. The molecule has 0 fully saturated rings. The van der Waals surface area contributed by atoms with Crippen molar-refractivity contribution in [1.29, 1.82) is 0 Å². The average molecular weight is 397 g/mol. The molecule has 1 heterocycles. The van der Waals surface area contributed by atoms with E-state index in [9.17, 15) is 4.79 Å². The van der Waals surface area contributed by atoms with Crippen LogP contribution in [-0.4, -0.2) is 31.2 Å². The number of hydrogen-bond donors (Lipinski definition) is 1. The number of aromatic nitrogens is 1. The summed E-state index contributed by atoms with van der Waals surface area (Å²) in [7, 11) is 1.60. The Kier molecular flexibility index (Phi) is 6.66. The molecule has 2 aromatic carbocycles. The fourth-order valence-corrected chi connectivity index (χ4v) is 3.78. The first-order chi connectivity index (χ1) is 13.6. The second kappa shape index (κ2) is 9.37. The summed E-state index contributed by atoms with van der Waals surface area (Å²) >= 11 is 1.56. The van der Waals surface area contributed by atoms with E-state index in [2.05, 4.69) is 29.4 Å². The molecule has 0 unspecified atom stereocenters. The molecule has 0 radical (unpaired) electrons. The molecule has 0 spiro atoms. The molecule has 1 aromatic heterocycles. The Balaban J connectivity index is 1.55. The number of methoxy groups -OCH3 is 1. The van der Waals surface area contributed by atoms with Gasteiger partial charge in [-0.1, -0.05) is 42.0 Å². The van der Waals surface area contributed by atoms with Crippen LogP contribution in [0.4, 0.5) is 0 Å². The lowest BCUT2D eigenvalue weighted by molar-refractivity contribution is -0.120. The van der Waals surface area contributed by atoms with Crippen LogP contribution in [0, 0.1) is 13.8 Å². The lowest BCUT2D eigenvalue weighted by Gasteiger charge is -2.11. The first kappa shape index (κ1) is 19.9. The average Bonchev–Trinajstić information content (AvgIpc) is 3.06. The van der Waals surface area contributed by atoms with Gasteiger partial charge in [-0.25, -0.2) is 4.98 Å². The SMILES string of the molecule is COc1ccccc1OCCNC(=O)Cc1sc(C)nc1-c1ccc(C)cc1. The van der Waals surface area contributed by atoms with Crippen molar-refractivity contribution in [3.63, 3.8) is 0 Å². The van der Waals surface area contributed by atoms with E-state index in [0.717, 1.165) is 21.1 Å². The number of thiazole rings is 1. The summed E-state index contributed by atoms with van der Waals surface area (Å²) in [5.41, 5.74) is 3.13. The van der Waals surface area contributed by atoms with Gasteiger partial charge in [0.15, 0.2) is 11.5 Å². The summed E-state index contributed by atoms with van der Waals surface area (Å²) in [6.07, 6.45) is 0.309. The molecule has 0 aliphatic rings. The van der Waals surface area contributed by atoms with Gasteiger partial charge in [0.1, 0.15) is 6.61 Å². The molecule has 0 aliphatic carbocycles. The predicted octanol–water partition coefficient (Wildman–Crippen LogP) is 4.17. The minimum absolute atomic E-state index is 0.0411. The van der Waals surface area contributed by atoms with E-state index in [1.165, 1.54) is 5.56 Å². The van der Waals surface area contributed by atoms with E-state index < -0.39 is 0 Å². The normalized spacial score (nSPS) is 10.5. The van der Waals surface area contributed by atoms with Gasteiger partial charge in [0.25, 0.3) is 0 Å². The molecule has 0 saturated heterocycles. The summed E-state index contributed by atoms with van der Waals surface area (Å²) in [6.45, 7) is 4.82. The molecule has 5 nitrogen and oxygen atoms in total. The fraction of sp³-hybridized carbons (Fsp3) is 0.273. The van der Waals surface area contributed by atoms with E-state index in [0.29, 0.717) is 31.1 Å². The number of amides is 1. The molecule has 3 aromatic rings. The zero-order chi connectivity index (χ0) is 19.9. The van der Waals surface area contributed by atoms with Crippen molar-refractivity contribution in [3.05, 3.63) is 64.0 Å². The first-order valence-electron chi connectivity index (χ1n) is 9.12. The van der Waals surface area contributed by atoms with Crippen LogP contribution in [0.2, 0.25) is 0 Å². The standard InChI is InChI=1S/C22H24N2O3S/c1-15-8-10-17(11-9-15)22-20(28-16(2)24-22)14-21(25)23-12-13-27-19-7-5-4-6-18(19)26-3/h4-11H,12-14H2,1-3H3,(H,23,25). The van der Waals surface area contributed by atoms with Crippen LogP contribution in [0.15, 0.2) is 48.5 Å². The van der Waals surface area contributed by atoms with Gasteiger partial charge in [-0.15, -0.1) is 11.3 Å². The highest BCUT2D eigenvalue weighted by atomic mass is 32.1. The minimum Gasteiger partial charge on any atom is -0.493 e. The number of carbonyl (C=O) groups excluding carboxylic acids is 1. The Bertz CT molecular complexity index is 935. The molecule has 3 rings (SSSR count). The van der Waals surface area contributed by atoms with Crippen LogP contribution >= 0.6 is 11.3 Å². The number of rotatable bonds is 8. The van der Waals surface area contributed by atoms with Crippen LogP contribution < -0.4 is 14.8 Å². The third kappa shape index (κ3) is 5.10. The van der Waals surface area contributed by atoms with E-state index in [4.69, 9.17) is 9.47 Å². The van der Waals surface area contributed by atoms with Gasteiger partial charge < -0.3 is 14.8 Å². The number of ether oxygens (including phenoxy) is 2. The van der Waals surface area contributed by atoms with E-state index in [1.807, 2.05) is 43.3 Å². The van der Waals surface area contributed by atoms with Crippen LogP contribution in [0.25, 0.3) is 11.3 Å². The Morgan fingerprint density at radius 1 is 1.07 bits per heavy atom. The Morgan fingerprint density at radius 3 is 2.50 bits per heavy atom. The molecular formula is C22H24N2O3S. The Morgan fingerprint density at radius 2 is 1.79 bits per heavy atom. The monoisotopic (exact) mass is 396 g/mol. The van der Waals surface area contributed by atoms with Crippen molar-refractivity contribution in [1.82, 2.24) is 10.3 Å². The smallest absolute Gasteiger partial charge is 0.225 e. The summed E-state index contributed by atoms with van der Waals surface area (Å²) in [4.78, 5) is 18.0. The van der Waals surface area contributed by atoms with Crippen LogP contribution in [-0.2, 0) is 11.2 Å². The quantitative estimate of drug-likeness (QED) is 0.581. The third-order valence-electron chi connectivity index (χ3n) is 4.20. The molecule has 1 amide bonds. The summed E-state index contributed by atoms with van der Waals surface area (Å²) in [5, 5.41) is 3.87. The minimum atomic E-state index is -0.0411. The van der Waals surface area contributed by atoms with Crippen molar-refractivity contribution >= 4 is 17.2 Å². The second-order valence-electron chi connectivity index (χ2n) is 6.40. The summed E-state index contributed by atoms with van der Waals surface area (Å²) in [5.74, 6) is 1.30. The number of nitrogens with one attached hydrogen (secondary N) is 1. The van der Waals surface area contributed by atoms with Gasteiger partial charge >= 0.3 is 0 Å². The molecule has 0 atom stereocenters. The zero-order valence-electron chi connectivity index (χ0n) is 16.3. The van der Waals surface area contributed by atoms with Gasteiger partial charge in [0, 0.05) is 10.4 Å². The van der Waals surface area contributed by atoms with E-state index >= 15 is 0 Å². The van der Waals surface area contributed by atoms with Crippen molar-refractivity contribution in [2.75, 3.05) is 20.3 Å². The predicted molar refractivity (Wildman–Crippen MR) is 112 cm³/mol. The van der Waals surface area contributed by atoms with Gasteiger partial charge in [-0.2, -0.15) is 0 Å². The lowest BCUT2D eigenvalue weighted by Crippen LogP contribution is -2.29. The van der Waals surface area contributed by atoms with E-state index in [-0.39, 0.29) is 5.91 Å². The molecule has 1 N–H and O–H groups in total. The third-order valence-corrected chi connectivity index (χ3v) is 5.17. The van der Waals surface area contributed by atoms with Gasteiger partial charge in [-0.05, 0) is 26.0 Å². The van der Waals surface area contributed by atoms with Gasteiger partial charge in [0.2, 0.25) is 5.91 Å². The number of aryl methyl sites for hydroxylation is 2. The van der Waals surface area contributed by atoms with Crippen molar-refractivity contribution in [2.24, 2.45) is 0 Å². The molecule has 146 valence electrons. The highest BCUT2D eigenvalue weighted by Crippen LogP contribution is 2.29. The first-order valence-corrected chi connectivity index (χ1v) is 9.94. The highest BCUT2D eigenvalue weighted by molar-refractivity contribution is 7.12. The number of para-hydroxylation sites is 2. The van der Waals surface area contributed by atoms with Crippen LogP contribution in [0.3, 0.4) is 0 Å². The number of carbonyl (C=O) groups is 1. The molecule has 0 saturated carbocycles. The maximum Gasteiger partial charge on any atom is 0.225 e. The molecular weight excluding hydrogens is 372 g/mol. The molecule has 28 heavy (non-hydrogen) atoms. The fourth-order valence-electron chi connectivity index (χ4n) is 2.82. The maximum absolute atomic E-state index is 12.4. The van der Waals surface area contributed by atoms with Crippen LogP contribution in [0.1, 0.15) is 15.4 Å². The Labute approximate surface area is 169 Å². The highest BCUT2D eigenvalue weighted by Gasteiger charge is 2.14. The maximum atomic E-state index is 12.4. The van der Waals surface area contributed by atoms with E-state index in [1.54, 1.807) is 18.4 Å². The van der Waals surface area contributed by atoms with Crippen LogP contribution in [0.5, 0.6) is 11.5 Å². The van der Waals surface area contributed by atoms with Gasteiger partial charge in [-0.3, -0.25) is 4.79 Å². The molecule has 0 aliphatic heterocycles. The second-order valence-corrected chi connectivity index (χ2v) is 7.68. The summed E-state index contributed by atoms with van der Waals surface area (Å²) in [6, 6.07) is 15.7.